The topological polar surface area (TPSA) is 68.4 Å². The fourth-order valence-corrected chi connectivity index (χ4v) is 2.07. The van der Waals surface area contributed by atoms with Crippen molar-refractivity contribution in [3.8, 4) is 17.2 Å². The summed E-state index contributed by atoms with van der Waals surface area (Å²) < 4.78 is 10.5. The maximum absolute atomic E-state index is 9.81. The molecule has 0 amide bonds. The molecule has 0 spiro atoms. The summed E-state index contributed by atoms with van der Waals surface area (Å²) in [6.45, 7) is 3.33. The lowest BCUT2D eigenvalue weighted by Crippen LogP contribution is -1.99. The van der Waals surface area contributed by atoms with Gasteiger partial charge in [0.1, 0.15) is 5.75 Å². The summed E-state index contributed by atoms with van der Waals surface area (Å²) in [5, 5.41) is 13.8. The summed E-state index contributed by atoms with van der Waals surface area (Å²) in [4.78, 5) is 4.35. The third kappa shape index (κ3) is 1.97. The fourth-order valence-electron chi connectivity index (χ4n) is 2.07. The van der Waals surface area contributed by atoms with Gasteiger partial charge in [-0.15, -0.1) is 0 Å². The van der Waals surface area contributed by atoms with Crippen molar-refractivity contribution in [3.63, 3.8) is 0 Å². The minimum absolute atomic E-state index is 0.151. The fraction of sp³-hybridized carbons (Fsp3) is 0.385. The highest BCUT2D eigenvalue weighted by molar-refractivity contribution is 5.63. The maximum Gasteiger partial charge on any atom is 0.261 e. The molecule has 0 radical (unpaired) electrons. The zero-order chi connectivity index (χ0) is 12.5. The van der Waals surface area contributed by atoms with Gasteiger partial charge in [0.05, 0.1) is 12.2 Å². The van der Waals surface area contributed by atoms with Crippen LogP contribution in [0.2, 0.25) is 0 Å². The van der Waals surface area contributed by atoms with Crippen LogP contribution in [0.15, 0.2) is 22.7 Å². The lowest BCUT2D eigenvalue weighted by atomic mass is 10.1. The van der Waals surface area contributed by atoms with E-state index < -0.39 is 0 Å². The van der Waals surface area contributed by atoms with E-state index in [0.29, 0.717) is 23.9 Å². The number of rotatable bonds is 2. The number of aryl methyl sites for hydroxylation is 1. The van der Waals surface area contributed by atoms with Crippen molar-refractivity contribution in [1.29, 1.82) is 0 Å². The summed E-state index contributed by atoms with van der Waals surface area (Å²) in [6.07, 6.45) is 0.915. The molecule has 0 aliphatic carbocycles. The normalized spacial score (nSPS) is 19.3. The Bertz CT molecular complexity index is 559. The number of benzene rings is 1. The summed E-state index contributed by atoms with van der Waals surface area (Å²) in [5.41, 5.74) is 1.61. The summed E-state index contributed by atoms with van der Waals surface area (Å²) in [6, 6.07) is 5.30. The van der Waals surface area contributed by atoms with Crippen molar-refractivity contribution in [2.24, 2.45) is 0 Å². The number of aromatic hydroxyl groups is 1. The number of hydrogen-bond acceptors (Lipinski definition) is 5. The van der Waals surface area contributed by atoms with Crippen LogP contribution >= 0.6 is 0 Å². The van der Waals surface area contributed by atoms with Crippen LogP contribution in [0, 0.1) is 6.92 Å². The highest BCUT2D eigenvalue weighted by atomic mass is 16.5. The van der Waals surface area contributed by atoms with Gasteiger partial charge in [0, 0.05) is 12.5 Å². The van der Waals surface area contributed by atoms with E-state index >= 15 is 0 Å². The number of ether oxygens (including phenoxy) is 1. The molecule has 2 aromatic rings. The summed E-state index contributed by atoms with van der Waals surface area (Å²) >= 11 is 0. The van der Waals surface area contributed by atoms with E-state index in [1.54, 1.807) is 6.07 Å². The first-order valence-corrected chi connectivity index (χ1v) is 5.95. The zero-order valence-electron chi connectivity index (χ0n) is 10.1. The quantitative estimate of drug-likeness (QED) is 0.880. The Morgan fingerprint density at radius 1 is 1.39 bits per heavy atom. The average molecular weight is 246 g/mol. The van der Waals surface area contributed by atoms with E-state index in [1.807, 2.05) is 19.1 Å². The molecule has 1 unspecified atom stereocenters. The van der Waals surface area contributed by atoms with Gasteiger partial charge in [-0.25, -0.2) is 0 Å². The Hall–Kier alpha value is -1.88. The highest BCUT2D eigenvalue weighted by Crippen LogP contribution is 2.30. The predicted octanol–water partition coefficient (Wildman–Crippen LogP) is 2.25. The molecule has 2 heterocycles. The van der Waals surface area contributed by atoms with Crippen LogP contribution in [0.3, 0.4) is 0 Å². The molecule has 1 aliphatic heterocycles. The van der Waals surface area contributed by atoms with Crippen molar-refractivity contribution in [1.82, 2.24) is 10.1 Å². The molecule has 94 valence electrons. The molecular weight excluding hydrogens is 232 g/mol. The maximum atomic E-state index is 9.81. The molecule has 1 N–H and O–H groups in total. The third-order valence-corrected chi connectivity index (χ3v) is 3.12. The lowest BCUT2D eigenvalue weighted by Gasteiger charge is -2.00. The van der Waals surface area contributed by atoms with Crippen LogP contribution in [0.5, 0.6) is 5.75 Å². The zero-order valence-corrected chi connectivity index (χ0v) is 10.1. The Balaban J connectivity index is 1.94. The van der Waals surface area contributed by atoms with E-state index in [0.717, 1.165) is 18.6 Å². The number of nitrogens with zero attached hydrogens (tertiary/aromatic N) is 2. The average Bonchev–Trinajstić information content (AvgIpc) is 3.00. The van der Waals surface area contributed by atoms with Gasteiger partial charge in [-0.3, -0.25) is 0 Å². The van der Waals surface area contributed by atoms with Crippen LogP contribution in [-0.4, -0.2) is 28.5 Å². The van der Waals surface area contributed by atoms with E-state index in [2.05, 4.69) is 10.1 Å². The molecule has 1 saturated heterocycles. The van der Waals surface area contributed by atoms with Gasteiger partial charge in [0.15, 0.2) is 5.82 Å². The Morgan fingerprint density at radius 3 is 3.06 bits per heavy atom. The lowest BCUT2D eigenvalue weighted by molar-refractivity contribution is 0.192. The Morgan fingerprint density at radius 2 is 2.28 bits per heavy atom. The monoisotopic (exact) mass is 246 g/mol. The smallest absolute Gasteiger partial charge is 0.261 e. The van der Waals surface area contributed by atoms with Crippen molar-refractivity contribution in [2.45, 2.75) is 19.3 Å². The van der Waals surface area contributed by atoms with Gasteiger partial charge in [0.2, 0.25) is 0 Å². The largest absolute Gasteiger partial charge is 0.507 e. The summed E-state index contributed by atoms with van der Waals surface area (Å²) in [5.74, 6) is 1.37. The molecule has 1 aliphatic rings. The van der Waals surface area contributed by atoms with Crippen molar-refractivity contribution >= 4 is 0 Å². The van der Waals surface area contributed by atoms with E-state index in [1.165, 1.54) is 0 Å². The van der Waals surface area contributed by atoms with Gasteiger partial charge in [0.25, 0.3) is 5.89 Å². The first kappa shape index (κ1) is 11.2. The van der Waals surface area contributed by atoms with Crippen molar-refractivity contribution in [2.75, 3.05) is 13.2 Å². The molecular formula is C13H14N2O3. The molecule has 3 rings (SSSR count). The molecule has 1 aromatic heterocycles. The van der Waals surface area contributed by atoms with Crippen molar-refractivity contribution in [3.05, 3.63) is 29.6 Å². The number of phenols is 1. The van der Waals surface area contributed by atoms with E-state index in [-0.39, 0.29) is 11.7 Å². The molecule has 1 fully saturated rings. The van der Waals surface area contributed by atoms with Gasteiger partial charge < -0.3 is 14.4 Å². The SMILES string of the molecule is Cc1ccc(O)c(-c2nc(C3CCOC3)no2)c1. The number of phenolic OH excluding ortho intramolecular Hbond substituents is 1. The number of hydrogen-bond donors (Lipinski definition) is 1. The van der Waals surface area contributed by atoms with Gasteiger partial charge in [-0.2, -0.15) is 4.98 Å². The van der Waals surface area contributed by atoms with E-state index in [9.17, 15) is 5.11 Å². The molecule has 0 bridgehead atoms. The second-order valence-electron chi connectivity index (χ2n) is 4.54. The summed E-state index contributed by atoms with van der Waals surface area (Å²) in [7, 11) is 0. The first-order valence-electron chi connectivity index (χ1n) is 5.95. The molecule has 18 heavy (non-hydrogen) atoms. The van der Waals surface area contributed by atoms with Gasteiger partial charge in [-0.1, -0.05) is 16.8 Å². The highest BCUT2D eigenvalue weighted by Gasteiger charge is 2.24. The molecule has 1 aromatic carbocycles. The minimum Gasteiger partial charge on any atom is -0.507 e. The van der Waals surface area contributed by atoms with Crippen LogP contribution in [0.25, 0.3) is 11.5 Å². The van der Waals surface area contributed by atoms with Crippen LogP contribution in [-0.2, 0) is 4.74 Å². The van der Waals surface area contributed by atoms with E-state index in [4.69, 9.17) is 9.26 Å². The predicted molar refractivity (Wildman–Crippen MR) is 64.3 cm³/mol. The second-order valence-corrected chi connectivity index (χ2v) is 4.54. The second kappa shape index (κ2) is 4.42. The Kier molecular flexibility index (Phi) is 2.76. The van der Waals surface area contributed by atoms with Crippen LogP contribution < -0.4 is 0 Å². The first-order chi connectivity index (χ1) is 8.74. The minimum atomic E-state index is 0.151. The standard InChI is InChI=1S/C13H14N2O3/c1-8-2-3-11(16)10(6-8)13-14-12(15-18-13)9-4-5-17-7-9/h2-3,6,9,16H,4-5,7H2,1H3. The molecule has 5 nitrogen and oxygen atoms in total. The van der Waals surface area contributed by atoms with Crippen molar-refractivity contribution < 1.29 is 14.4 Å². The van der Waals surface area contributed by atoms with Crippen LogP contribution in [0.1, 0.15) is 23.7 Å². The third-order valence-electron chi connectivity index (χ3n) is 3.12. The molecule has 5 heteroatoms. The van der Waals surface area contributed by atoms with Crippen LogP contribution in [0.4, 0.5) is 0 Å². The number of aromatic nitrogens is 2. The Labute approximate surface area is 104 Å². The van der Waals surface area contributed by atoms with Gasteiger partial charge in [-0.05, 0) is 25.5 Å². The van der Waals surface area contributed by atoms with Gasteiger partial charge >= 0.3 is 0 Å². The molecule has 1 atom stereocenters. The molecule has 0 saturated carbocycles.